The molecule has 1 aromatic heterocycles. The van der Waals surface area contributed by atoms with Gasteiger partial charge in [-0.1, -0.05) is 29.8 Å². The summed E-state index contributed by atoms with van der Waals surface area (Å²) in [7, 11) is 0. The maximum absolute atomic E-state index is 12.9. The first kappa shape index (κ1) is 18.7. The lowest BCUT2D eigenvalue weighted by Crippen LogP contribution is -2.67. The number of hydrogen-bond acceptors (Lipinski definition) is 6. The maximum Gasteiger partial charge on any atom is 0.291 e. The number of anilines is 1. The Kier molecular flexibility index (Phi) is 4.32. The van der Waals surface area contributed by atoms with E-state index in [1.54, 1.807) is 29.2 Å². The number of fused-ring (bicyclic) bond motifs is 5. The van der Waals surface area contributed by atoms with Crippen molar-refractivity contribution in [2.24, 2.45) is 0 Å². The summed E-state index contributed by atoms with van der Waals surface area (Å²) in [4.78, 5) is 57.6. The van der Waals surface area contributed by atoms with Crippen LogP contribution in [0.25, 0.3) is 0 Å². The quantitative estimate of drug-likeness (QED) is 0.444. The molecular weight excluding hydrogens is 408 g/mol. The van der Waals surface area contributed by atoms with E-state index in [2.05, 4.69) is 10.3 Å². The van der Waals surface area contributed by atoms with Crippen molar-refractivity contribution in [1.29, 1.82) is 0 Å². The monoisotopic (exact) mass is 424 g/mol. The molecule has 2 saturated heterocycles. The second-order valence-corrected chi connectivity index (χ2v) is 7.99. The number of carbonyl (C=O) groups is 4. The average Bonchev–Trinajstić information content (AvgIpc) is 3.16. The Labute approximate surface area is 176 Å². The van der Waals surface area contributed by atoms with Crippen molar-refractivity contribution >= 4 is 41.2 Å². The van der Waals surface area contributed by atoms with Gasteiger partial charge in [0.05, 0.1) is 29.4 Å². The molecule has 3 aliphatic rings. The van der Waals surface area contributed by atoms with Crippen molar-refractivity contribution < 1.29 is 19.2 Å². The second kappa shape index (κ2) is 6.91. The number of Topliss-reactive ketones (excluding diaryl/α,β-unsaturated/α-hetero) is 1. The Bertz CT molecular complexity index is 1090. The van der Waals surface area contributed by atoms with E-state index in [-0.39, 0.29) is 24.1 Å². The number of nitrogens with one attached hydrogen (secondary N) is 1. The number of amides is 2. The molecule has 3 atom stereocenters. The van der Waals surface area contributed by atoms with Crippen LogP contribution in [0.3, 0.4) is 0 Å². The number of hydrogen-bond donors (Lipinski definition) is 1. The Morgan fingerprint density at radius 3 is 2.70 bits per heavy atom. The lowest BCUT2D eigenvalue weighted by Gasteiger charge is -2.47. The van der Waals surface area contributed by atoms with Crippen molar-refractivity contribution in [2.75, 3.05) is 25.0 Å². The number of aldehydes is 1. The van der Waals surface area contributed by atoms with Gasteiger partial charge in [-0.3, -0.25) is 19.2 Å². The summed E-state index contributed by atoms with van der Waals surface area (Å²) in [6.45, 7) is 0.889. The van der Waals surface area contributed by atoms with Gasteiger partial charge in [-0.05, 0) is 18.2 Å². The van der Waals surface area contributed by atoms with Gasteiger partial charge in [0.15, 0.2) is 6.29 Å². The highest BCUT2D eigenvalue weighted by Crippen LogP contribution is 2.43. The lowest BCUT2D eigenvalue weighted by atomic mass is 9.83. The molecule has 8 nitrogen and oxygen atoms in total. The highest BCUT2D eigenvalue weighted by atomic mass is 35.5. The molecule has 152 valence electrons. The largest absolute Gasteiger partial charge is 0.377 e. The first-order chi connectivity index (χ1) is 14.5. The summed E-state index contributed by atoms with van der Waals surface area (Å²) in [5, 5.41) is 3.32. The maximum atomic E-state index is 12.9. The van der Waals surface area contributed by atoms with Gasteiger partial charge >= 0.3 is 0 Å². The molecule has 0 radical (unpaired) electrons. The number of piperidine rings is 1. The van der Waals surface area contributed by atoms with Gasteiger partial charge in [-0.25, -0.2) is 4.98 Å². The number of aromatic nitrogens is 1. The number of rotatable bonds is 2. The predicted molar refractivity (Wildman–Crippen MR) is 108 cm³/mol. The molecule has 0 aliphatic carbocycles. The molecular formula is C21H17ClN4O4. The number of carbonyl (C=O) groups excluding carboxylic acids is 4. The van der Waals surface area contributed by atoms with Crippen LogP contribution in [-0.2, 0) is 9.59 Å². The first-order valence-electron chi connectivity index (χ1n) is 9.61. The Morgan fingerprint density at radius 2 is 1.97 bits per heavy atom. The van der Waals surface area contributed by atoms with E-state index in [4.69, 9.17) is 11.6 Å². The third-order valence-electron chi connectivity index (χ3n) is 6.03. The number of nitrogens with zero attached hydrogens (tertiary/aromatic N) is 3. The molecule has 4 heterocycles. The fourth-order valence-electron chi connectivity index (χ4n) is 4.64. The molecule has 0 spiro atoms. The highest BCUT2D eigenvalue weighted by Gasteiger charge is 2.55. The van der Waals surface area contributed by atoms with Crippen molar-refractivity contribution in [1.82, 2.24) is 14.8 Å². The number of benzene rings is 1. The van der Waals surface area contributed by atoms with Crippen LogP contribution in [-0.4, -0.2) is 70.4 Å². The van der Waals surface area contributed by atoms with Crippen LogP contribution >= 0.6 is 11.6 Å². The average molecular weight is 425 g/mol. The van der Waals surface area contributed by atoms with Crippen LogP contribution in [0, 0.1) is 0 Å². The molecule has 5 rings (SSSR count). The molecule has 30 heavy (non-hydrogen) atoms. The molecule has 2 fully saturated rings. The number of halogens is 1. The first-order valence-corrected chi connectivity index (χ1v) is 9.98. The number of pyridine rings is 1. The smallest absolute Gasteiger partial charge is 0.291 e. The molecule has 9 heteroatoms. The minimum absolute atomic E-state index is 0.0884. The van der Waals surface area contributed by atoms with Gasteiger partial charge in [0.25, 0.3) is 11.8 Å². The molecule has 0 saturated carbocycles. The van der Waals surface area contributed by atoms with Crippen molar-refractivity contribution in [2.45, 2.75) is 18.0 Å². The second-order valence-electron chi connectivity index (χ2n) is 7.61. The molecule has 0 bridgehead atoms. The fraction of sp³-hybridized carbons (Fsp3) is 0.286. The van der Waals surface area contributed by atoms with Gasteiger partial charge in [-0.15, -0.1) is 0 Å². The summed E-state index contributed by atoms with van der Waals surface area (Å²) >= 11 is 6.04. The number of piperazine rings is 1. The van der Waals surface area contributed by atoms with E-state index in [1.807, 2.05) is 6.07 Å². The van der Waals surface area contributed by atoms with E-state index in [9.17, 15) is 19.2 Å². The minimum Gasteiger partial charge on any atom is -0.377 e. The van der Waals surface area contributed by atoms with E-state index < -0.39 is 29.7 Å². The third-order valence-corrected chi connectivity index (χ3v) is 6.23. The van der Waals surface area contributed by atoms with Crippen LogP contribution in [0.1, 0.15) is 32.3 Å². The van der Waals surface area contributed by atoms with Crippen LogP contribution in [0.2, 0.25) is 5.15 Å². The normalized spacial score (nSPS) is 24.6. The van der Waals surface area contributed by atoms with Crippen molar-refractivity contribution in [3.8, 4) is 0 Å². The standard InChI is InChI=1S/C21H17ClN4O4/c22-14-8-12(10-27)16-18(23-14)15-17(24-16)13-9-25(6-7-26(13)21(30)19(15)28)20(29)11-4-2-1-3-5-11/h1-5,8,10,13,15,17,24H,6-7,9H2/t13-,15?,17?/m0/s1. The zero-order valence-corrected chi connectivity index (χ0v) is 16.5. The SMILES string of the molecule is O=Cc1cc(Cl)nc2c1NC1C2C(=O)C(=O)N2CCN(C(=O)c3ccccc3)C[C@@H]12. The predicted octanol–water partition coefficient (Wildman–Crippen LogP) is 1.36. The molecule has 2 amide bonds. The fourth-order valence-corrected chi connectivity index (χ4v) is 4.85. The Hall–Kier alpha value is -3.26. The molecule has 1 aromatic carbocycles. The van der Waals surface area contributed by atoms with Gasteiger partial charge in [-0.2, -0.15) is 0 Å². The minimum atomic E-state index is -0.835. The number of ketones is 1. The summed E-state index contributed by atoms with van der Waals surface area (Å²) in [6, 6.07) is 9.45. The van der Waals surface area contributed by atoms with Crippen LogP contribution < -0.4 is 5.32 Å². The van der Waals surface area contributed by atoms with E-state index >= 15 is 0 Å². The summed E-state index contributed by atoms with van der Waals surface area (Å²) in [5.41, 5.74) is 1.61. The Morgan fingerprint density at radius 1 is 1.20 bits per heavy atom. The van der Waals surface area contributed by atoms with Crippen LogP contribution in [0.4, 0.5) is 5.69 Å². The van der Waals surface area contributed by atoms with Crippen molar-refractivity contribution in [3.05, 3.63) is 58.4 Å². The van der Waals surface area contributed by atoms with Gasteiger partial charge in [0.2, 0.25) is 5.78 Å². The molecule has 3 aliphatic heterocycles. The van der Waals surface area contributed by atoms with Crippen LogP contribution in [0.15, 0.2) is 36.4 Å². The molecule has 2 unspecified atom stereocenters. The topological polar surface area (TPSA) is 99.7 Å². The van der Waals surface area contributed by atoms with Gasteiger partial charge in [0, 0.05) is 30.8 Å². The zero-order chi connectivity index (χ0) is 21.0. The van der Waals surface area contributed by atoms with E-state index in [0.29, 0.717) is 35.3 Å². The van der Waals surface area contributed by atoms with Gasteiger partial charge in [0.1, 0.15) is 5.15 Å². The summed E-state index contributed by atoms with van der Waals surface area (Å²) < 4.78 is 0. The Balaban J connectivity index is 1.50. The van der Waals surface area contributed by atoms with Crippen molar-refractivity contribution in [3.63, 3.8) is 0 Å². The van der Waals surface area contributed by atoms with E-state index in [0.717, 1.165) is 0 Å². The zero-order valence-electron chi connectivity index (χ0n) is 15.7. The highest BCUT2D eigenvalue weighted by molar-refractivity contribution is 6.39. The molecule has 2 aromatic rings. The summed E-state index contributed by atoms with van der Waals surface area (Å²) in [5.74, 6) is -2.12. The third kappa shape index (κ3) is 2.71. The van der Waals surface area contributed by atoms with Gasteiger partial charge < -0.3 is 15.1 Å². The van der Waals surface area contributed by atoms with E-state index in [1.165, 1.54) is 11.0 Å². The lowest BCUT2D eigenvalue weighted by molar-refractivity contribution is -0.153. The van der Waals surface area contributed by atoms with Crippen LogP contribution in [0.5, 0.6) is 0 Å². The summed E-state index contributed by atoms with van der Waals surface area (Å²) in [6.07, 6.45) is 0.646. The molecule has 1 N–H and O–H groups in total.